The molecule has 0 spiro atoms. The number of hydrogen-bond acceptors (Lipinski definition) is 2. The Bertz CT molecular complexity index is 398. The number of nitrogens with zero attached hydrogens (tertiary/aromatic N) is 1. The van der Waals surface area contributed by atoms with E-state index >= 15 is 0 Å². The molecule has 0 bridgehead atoms. The van der Waals surface area contributed by atoms with Gasteiger partial charge in [0.1, 0.15) is 0 Å². The van der Waals surface area contributed by atoms with Gasteiger partial charge in [0.15, 0.2) is 0 Å². The zero-order chi connectivity index (χ0) is 14.4. The van der Waals surface area contributed by atoms with Gasteiger partial charge in [0.2, 0.25) is 0 Å². The molecule has 0 aromatic heterocycles. The largest absolute Gasteiger partial charge is 0.316 e. The highest BCUT2D eigenvalue weighted by atomic mass is 15.1. The van der Waals surface area contributed by atoms with Crippen LogP contribution < -0.4 is 5.32 Å². The van der Waals surface area contributed by atoms with Crippen molar-refractivity contribution in [2.24, 2.45) is 5.92 Å². The van der Waals surface area contributed by atoms with Gasteiger partial charge in [0.05, 0.1) is 0 Å². The zero-order valence-electron chi connectivity index (χ0n) is 13.4. The summed E-state index contributed by atoms with van der Waals surface area (Å²) in [5.41, 5.74) is 3.01. The Morgan fingerprint density at radius 3 is 2.55 bits per heavy atom. The Hall–Kier alpha value is -0.860. The van der Waals surface area contributed by atoms with Crippen LogP contribution in [0.2, 0.25) is 0 Å². The molecule has 0 amide bonds. The highest BCUT2D eigenvalue weighted by Gasteiger charge is 2.30. The van der Waals surface area contributed by atoms with E-state index < -0.39 is 0 Å². The molecular weight excluding hydrogens is 244 g/mol. The van der Waals surface area contributed by atoms with E-state index in [4.69, 9.17) is 0 Å². The lowest BCUT2D eigenvalue weighted by atomic mass is 10.0. The third-order valence-electron chi connectivity index (χ3n) is 4.54. The standard InChI is InChI=1S/C18H30N2/c1-4-12-19-13-11-17-7-5-6-8-18(17)14-20(3)15(2)16-9-10-16/h5-8,15-16,19H,4,9-14H2,1-3H3. The summed E-state index contributed by atoms with van der Waals surface area (Å²) in [5, 5.41) is 3.50. The highest BCUT2D eigenvalue weighted by molar-refractivity contribution is 5.27. The summed E-state index contributed by atoms with van der Waals surface area (Å²) in [5.74, 6) is 0.943. The molecule has 0 saturated heterocycles. The van der Waals surface area contributed by atoms with E-state index in [1.165, 1.54) is 30.4 Å². The van der Waals surface area contributed by atoms with Crippen molar-refractivity contribution in [2.75, 3.05) is 20.1 Å². The van der Waals surface area contributed by atoms with Crippen LogP contribution >= 0.6 is 0 Å². The van der Waals surface area contributed by atoms with Gasteiger partial charge in [0, 0.05) is 12.6 Å². The maximum Gasteiger partial charge on any atom is 0.0236 e. The Balaban J connectivity index is 1.89. The molecule has 1 atom stereocenters. The third-order valence-corrected chi connectivity index (χ3v) is 4.54. The second kappa shape index (κ2) is 7.80. The zero-order valence-corrected chi connectivity index (χ0v) is 13.4. The Labute approximate surface area is 124 Å². The summed E-state index contributed by atoms with van der Waals surface area (Å²) in [7, 11) is 2.27. The molecule has 2 heteroatoms. The van der Waals surface area contributed by atoms with Crippen molar-refractivity contribution in [1.29, 1.82) is 0 Å². The monoisotopic (exact) mass is 274 g/mol. The molecule has 1 saturated carbocycles. The number of benzene rings is 1. The van der Waals surface area contributed by atoms with Crippen molar-refractivity contribution < 1.29 is 0 Å². The van der Waals surface area contributed by atoms with E-state index in [9.17, 15) is 0 Å². The number of nitrogens with one attached hydrogen (secondary N) is 1. The van der Waals surface area contributed by atoms with Crippen LogP contribution in [0.4, 0.5) is 0 Å². The van der Waals surface area contributed by atoms with Gasteiger partial charge < -0.3 is 5.32 Å². The summed E-state index contributed by atoms with van der Waals surface area (Å²) >= 11 is 0. The smallest absolute Gasteiger partial charge is 0.0236 e. The van der Waals surface area contributed by atoms with Crippen LogP contribution in [0.1, 0.15) is 44.2 Å². The van der Waals surface area contributed by atoms with Crippen LogP contribution in [0, 0.1) is 5.92 Å². The van der Waals surface area contributed by atoms with Crippen molar-refractivity contribution in [3.8, 4) is 0 Å². The lowest BCUT2D eigenvalue weighted by Gasteiger charge is -2.25. The van der Waals surface area contributed by atoms with Crippen molar-refractivity contribution in [1.82, 2.24) is 10.2 Å². The normalized spacial score (nSPS) is 16.6. The molecule has 112 valence electrons. The molecule has 1 aromatic rings. The van der Waals surface area contributed by atoms with Gasteiger partial charge >= 0.3 is 0 Å². The minimum Gasteiger partial charge on any atom is -0.316 e. The first kappa shape index (κ1) is 15.5. The van der Waals surface area contributed by atoms with Gasteiger partial charge in [0.25, 0.3) is 0 Å². The van der Waals surface area contributed by atoms with Gasteiger partial charge in [-0.2, -0.15) is 0 Å². The molecule has 1 aliphatic rings. The third kappa shape index (κ3) is 4.60. The van der Waals surface area contributed by atoms with Crippen LogP contribution in [0.3, 0.4) is 0 Å². The van der Waals surface area contributed by atoms with Crippen molar-refractivity contribution >= 4 is 0 Å². The van der Waals surface area contributed by atoms with Crippen molar-refractivity contribution in [3.63, 3.8) is 0 Å². The van der Waals surface area contributed by atoms with Crippen LogP contribution in [-0.4, -0.2) is 31.1 Å². The van der Waals surface area contributed by atoms with Crippen LogP contribution in [0.25, 0.3) is 0 Å². The summed E-state index contributed by atoms with van der Waals surface area (Å²) < 4.78 is 0. The summed E-state index contributed by atoms with van der Waals surface area (Å²) in [4.78, 5) is 2.52. The number of hydrogen-bond donors (Lipinski definition) is 1. The molecule has 0 radical (unpaired) electrons. The Kier molecular flexibility index (Phi) is 6.06. The van der Waals surface area contributed by atoms with Gasteiger partial charge in [-0.1, -0.05) is 31.2 Å². The molecule has 1 N–H and O–H groups in total. The molecular formula is C18H30N2. The fourth-order valence-electron chi connectivity index (χ4n) is 2.83. The minimum absolute atomic E-state index is 0.723. The minimum atomic E-state index is 0.723. The molecule has 0 aliphatic heterocycles. The van der Waals surface area contributed by atoms with Crippen LogP contribution in [0.5, 0.6) is 0 Å². The van der Waals surface area contributed by atoms with Crippen molar-refractivity contribution in [3.05, 3.63) is 35.4 Å². The summed E-state index contributed by atoms with van der Waals surface area (Å²) in [6.45, 7) is 7.90. The van der Waals surface area contributed by atoms with Crippen LogP contribution in [-0.2, 0) is 13.0 Å². The summed E-state index contributed by atoms with van der Waals surface area (Å²) in [6.07, 6.45) is 5.20. The maximum absolute atomic E-state index is 3.50. The second-order valence-electron chi connectivity index (χ2n) is 6.26. The molecule has 1 fully saturated rings. The van der Waals surface area contributed by atoms with E-state index in [0.717, 1.165) is 38.0 Å². The van der Waals surface area contributed by atoms with E-state index in [2.05, 4.69) is 55.4 Å². The van der Waals surface area contributed by atoms with Gasteiger partial charge in [-0.05, 0) is 69.8 Å². The number of rotatable bonds is 9. The summed E-state index contributed by atoms with van der Waals surface area (Å²) in [6, 6.07) is 9.65. The van der Waals surface area contributed by atoms with E-state index in [-0.39, 0.29) is 0 Å². The first-order valence-electron chi connectivity index (χ1n) is 8.20. The van der Waals surface area contributed by atoms with E-state index in [1.54, 1.807) is 0 Å². The fourth-order valence-corrected chi connectivity index (χ4v) is 2.83. The Morgan fingerprint density at radius 1 is 1.20 bits per heavy atom. The first-order valence-corrected chi connectivity index (χ1v) is 8.20. The van der Waals surface area contributed by atoms with E-state index in [0.29, 0.717) is 0 Å². The molecule has 1 unspecified atom stereocenters. The fraction of sp³-hybridized carbons (Fsp3) is 0.667. The highest BCUT2D eigenvalue weighted by Crippen LogP contribution is 2.35. The molecule has 20 heavy (non-hydrogen) atoms. The molecule has 2 nitrogen and oxygen atoms in total. The van der Waals surface area contributed by atoms with Gasteiger partial charge in [-0.25, -0.2) is 0 Å². The topological polar surface area (TPSA) is 15.3 Å². The molecule has 2 rings (SSSR count). The average Bonchev–Trinajstić information content (AvgIpc) is 3.29. The second-order valence-corrected chi connectivity index (χ2v) is 6.26. The SMILES string of the molecule is CCCNCCc1ccccc1CN(C)C(C)C1CC1. The predicted molar refractivity (Wildman–Crippen MR) is 87.0 cm³/mol. The molecule has 1 aromatic carbocycles. The van der Waals surface area contributed by atoms with Gasteiger partial charge in [-0.15, -0.1) is 0 Å². The lowest BCUT2D eigenvalue weighted by molar-refractivity contribution is 0.226. The average molecular weight is 274 g/mol. The quantitative estimate of drug-likeness (QED) is 0.694. The lowest BCUT2D eigenvalue weighted by Crippen LogP contribution is -2.30. The predicted octanol–water partition coefficient (Wildman–Crippen LogP) is 3.46. The Morgan fingerprint density at radius 2 is 1.90 bits per heavy atom. The van der Waals surface area contributed by atoms with Crippen LogP contribution in [0.15, 0.2) is 24.3 Å². The first-order chi connectivity index (χ1) is 9.72. The van der Waals surface area contributed by atoms with E-state index in [1.807, 2.05) is 0 Å². The van der Waals surface area contributed by atoms with Crippen molar-refractivity contribution in [2.45, 2.75) is 52.1 Å². The molecule has 1 aliphatic carbocycles. The maximum atomic E-state index is 3.50. The van der Waals surface area contributed by atoms with Gasteiger partial charge in [-0.3, -0.25) is 4.90 Å². The molecule has 0 heterocycles.